The minimum Gasteiger partial charge on any atom is -0.381 e. The first kappa shape index (κ1) is 11.7. The van der Waals surface area contributed by atoms with Gasteiger partial charge in [0.05, 0.1) is 6.10 Å². The Balaban J connectivity index is 3.91. The molecule has 0 aliphatic heterocycles. The fraction of sp³-hybridized carbons (Fsp3) is 0.818. The molecule has 0 N–H and O–H groups in total. The first-order valence-corrected chi connectivity index (χ1v) is 4.78. The normalized spacial score (nSPS) is 15.4. The predicted molar refractivity (Wildman–Crippen MR) is 54.3 cm³/mol. The molecule has 0 aromatic rings. The van der Waals surface area contributed by atoms with Crippen molar-refractivity contribution in [3.05, 3.63) is 11.6 Å². The summed E-state index contributed by atoms with van der Waals surface area (Å²) in [6.07, 6.45) is 4.88. The summed E-state index contributed by atoms with van der Waals surface area (Å²) in [5.41, 5.74) is 1.38. The van der Waals surface area contributed by atoms with E-state index >= 15 is 0 Å². The molecule has 0 saturated heterocycles. The highest BCUT2D eigenvalue weighted by Crippen LogP contribution is 2.15. The van der Waals surface area contributed by atoms with E-state index in [0.29, 0.717) is 12.0 Å². The van der Waals surface area contributed by atoms with E-state index in [-0.39, 0.29) is 0 Å². The summed E-state index contributed by atoms with van der Waals surface area (Å²) in [4.78, 5) is 0. The van der Waals surface area contributed by atoms with Gasteiger partial charge in [-0.25, -0.2) is 0 Å². The Morgan fingerprint density at radius 3 is 2.33 bits per heavy atom. The van der Waals surface area contributed by atoms with Crippen molar-refractivity contribution in [2.75, 3.05) is 7.11 Å². The van der Waals surface area contributed by atoms with Gasteiger partial charge >= 0.3 is 0 Å². The maximum absolute atomic E-state index is 5.41. The molecule has 1 nitrogen and oxygen atoms in total. The largest absolute Gasteiger partial charge is 0.381 e. The summed E-state index contributed by atoms with van der Waals surface area (Å²) in [5, 5.41) is 0. The van der Waals surface area contributed by atoms with E-state index in [1.165, 1.54) is 12.0 Å². The average Bonchev–Trinajstić information content (AvgIpc) is 2.04. The fourth-order valence-electron chi connectivity index (χ4n) is 1.18. The van der Waals surface area contributed by atoms with Crippen molar-refractivity contribution < 1.29 is 4.74 Å². The van der Waals surface area contributed by atoms with Gasteiger partial charge in [0.15, 0.2) is 0 Å². The molecule has 72 valence electrons. The highest BCUT2D eigenvalue weighted by molar-refractivity contribution is 4.94. The Bertz CT molecular complexity index is 134. The zero-order chi connectivity index (χ0) is 9.56. The third kappa shape index (κ3) is 4.55. The summed E-state index contributed by atoms with van der Waals surface area (Å²) in [6, 6.07) is 0. The summed E-state index contributed by atoms with van der Waals surface area (Å²) < 4.78 is 5.41. The molecule has 0 aromatic heterocycles. The lowest BCUT2D eigenvalue weighted by molar-refractivity contribution is 0.0595. The van der Waals surface area contributed by atoms with Crippen LogP contribution in [0.4, 0.5) is 0 Å². The Labute approximate surface area is 76.8 Å². The molecule has 0 spiro atoms. The maximum atomic E-state index is 5.41. The van der Waals surface area contributed by atoms with Gasteiger partial charge < -0.3 is 4.74 Å². The van der Waals surface area contributed by atoms with Crippen LogP contribution in [0.3, 0.4) is 0 Å². The average molecular weight is 170 g/mol. The minimum absolute atomic E-state index is 0.393. The molecule has 0 rings (SSSR count). The Morgan fingerprint density at radius 1 is 1.42 bits per heavy atom. The molecule has 0 fully saturated rings. The highest BCUT2D eigenvalue weighted by Gasteiger charge is 2.12. The van der Waals surface area contributed by atoms with Crippen molar-refractivity contribution >= 4 is 0 Å². The number of ether oxygens (including phenoxy) is 1. The monoisotopic (exact) mass is 170 g/mol. The van der Waals surface area contributed by atoms with Gasteiger partial charge in [-0.15, -0.1) is 0 Å². The fourth-order valence-corrected chi connectivity index (χ4v) is 1.18. The third-order valence-electron chi connectivity index (χ3n) is 2.34. The maximum Gasteiger partial charge on any atom is 0.0631 e. The number of hydrogen-bond acceptors (Lipinski definition) is 1. The zero-order valence-electron chi connectivity index (χ0n) is 9.05. The molecule has 12 heavy (non-hydrogen) atoms. The number of rotatable bonds is 5. The van der Waals surface area contributed by atoms with Gasteiger partial charge in [0, 0.05) is 7.11 Å². The lowest BCUT2D eigenvalue weighted by atomic mass is 9.98. The molecular weight excluding hydrogens is 148 g/mol. The van der Waals surface area contributed by atoms with E-state index in [9.17, 15) is 0 Å². The van der Waals surface area contributed by atoms with Gasteiger partial charge in [-0.05, 0) is 26.2 Å². The minimum atomic E-state index is 0.393. The van der Waals surface area contributed by atoms with Gasteiger partial charge in [0.2, 0.25) is 0 Å². The second-order valence-corrected chi connectivity index (χ2v) is 3.68. The molecule has 1 heteroatoms. The van der Waals surface area contributed by atoms with Gasteiger partial charge in [-0.1, -0.05) is 31.9 Å². The number of methoxy groups -OCH3 is 1. The zero-order valence-corrected chi connectivity index (χ0v) is 9.05. The van der Waals surface area contributed by atoms with E-state index in [0.717, 1.165) is 6.42 Å². The van der Waals surface area contributed by atoms with Crippen LogP contribution in [0, 0.1) is 5.92 Å². The molecule has 0 heterocycles. The van der Waals surface area contributed by atoms with Crippen LogP contribution in [0.1, 0.15) is 40.5 Å². The molecule has 0 saturated carbocycles. The van der Waals surface area contributed by atoms with Gasteiger partial charge in [0.1, 0.15) is 0 Å². The van der Waals surface area contributed by atoms with Crippen molar-refractivity contribution in [2.24, 2.45) is 5.92 Å². The van der Waals surface area contributed by atoms with Crippen LogP contribution in [0.5, 0.6) is 0 Å². The van der Waals surface area contributed by atoms with Crippen LogP contribution in [0.15, 0.2) is 11.6 Å². The van der Waals surface area contributed by atoms with Crippen LogP contribution in [0.25, 0.3) is 0 Å². The predicted octanol–water partition coefficient (Wildman–Crippen LogP) is 3.40. The van der Waals surface area contributed by atoms with E-state index in [1.807, 2.05) is 0 Å². The molecule has 0 aliphatic carbocycles. The first-order chi connectivity index (χ1) is 5.61. The Kier molecular flexibility index (Phi) is 6.09. The molecule has 2 atom stereocenters. The van der Waals surface area contributed by atoms with Gasteiger partial charge in [-0.2, -0.15) is 0 Å². The molecule has 0 aromatic carbocycles. The van der Waals surface area contributed by atoms with Gasteiger partial charge in [0.25, 0.3) is 0 Å². The van der Waals surface area contributed by atoms with Gasteiger partial charge in [-0.3, -0.25) is 0 Å². The second-order valence-electron chi connectivity index (χ2n) is 3.68. The van der Waals surface area contributed by atoms with E-state index < -0.39 is 0 Å². The molecule has 0 amide bonds. The van der Waals surface area contributed by atoms with Crippen LogP contribution in [0.2, 0.25) is 0 Å². The van der Waals surface area contributed by atoms with Crippen LogP contribution in [-0.4, -0.2) is 13.2 Å². The molecule has 0 aliphatic rings. The van der Waals surface area contributed by atoms with Crippen molar-refractivity contribution in [2.45, 2.75) is 46.6 Å². The van der Waals surface area contributed by atoms with E-state index in [2.05, 4.69) is 33.8 Å². The molecular formula is C11H22O. The van der Waals surface area contributed by atoms with E-state index in [4.69, 9.17) is 4.74 Å². The smallest absolute Gasteiger partial charge is 0.0631 e. The van der Waals surface area contributed by atoms with Crippen LogP contribution < -0.4 is 0 Å². The first-order valence-electron chi connectivity index (χ1n) is 4.78. The summed E-state index contributed by atoms with van der Waals surface area (Å²) in [7, 11) is 1.80. The Morgan fingerprint density at radius 2 is 2.00 bits per heavy atom. The molecule has 2 unspecified atom stereocenters. The SMILES string of the molecule is CCC(C)C(CC=C(C)C)OC. The summed E-state index contributed by atoms with van der Waals surface area (Å²) in [6.45, 7) is 8.71. The lowest BCUT2D eigenvalue weighted by Gasteiger charge is -2.19. The van der Waals surface area contributed by atoms with Crippen LogP contribution in [-0.2, 0) is 4.74 Å². The third-order valence-corrected chi connectivity index (χ3v) is 2.34. The van der Waals surface area contributed by atoms with Crippen molar-refractivity contribution in [3.63, 3.8) is 0 Å². The number of allylic oxidation sites excluding steroid dienone is 1. The second kappa shape index (κ2) is 6.24. The standard InChI is InChI=1S/C11H22O/c1-6-10(4)11(12-5)8-7-9(2)3/h7,10-11H,6,8H2,1-5H3. The Hall–Kier alpha value is -0.300. The topological polar surface area (TPSA) is 9.23 Å². The lowest BCUT2D eigenvalue weighted by Crippen LogP contribution is -2.18. The van der Waals surface area contributed by atoms with Crippen molar-refractivity contribution in [1.82, 2.24) is 0 Å². The van der Waals surface area contributed by atoms with E-state index in [1.54, 1.807) is 7.11 Å². The summed E-state index contributed by atoms with van der Waals surface area (Å²) in [5.74, 6) is 0.658. The van der Waals surface area contributed by atoms with Crippen LogP contribution >= 0.6 is 0 Å². The number of hydrogen-bond donors (Lipinski definition) is 0. The molecule has 0 bridgehead atoms. The summed E-state index contributed by atoms with van der Waals surface area (Å²) >= 11 is 0. The van der Waals surface area contributed by atoms with Crippen molar-refractivity contribution in [3.8, 4) is 0 Å². The quantitative estimate of drug-likeness (QED) is 0.575. The molecule has 0 radical (unpaired) electrons. The van der Waals surface area contributed by atoms with Crippen molar-refractivity contribution in [1.29, 1.82) is 0 Å². The highest BCUT2D eigenvalue weighted by atomic mass is 16.5.